The zero-order chi connectivity index (χ0) is 11.9. The van der Waals surface area contributed by atoms with Crippen LogP contribution in [0, 0.1) is 6.92 Å². The molecule has 84 valence electrons. The Labute approximate surface area is 96.8 Å². The Kier molecular flexibility index (Phi) is 2.52. The number of hydrogen-bond donors (Lipinski definition) is 2. The van der Waals surface area contributed by atoms with Crippen LogP contribution in [-0.2, 0) is 0 Å². The van der Waals surface area contributed by atoms with Crippen molar-refractivity contribution in [1.82, 2.24) is 4.98 Å². The van der Waals surface area contributed by atoms with Gasteiger partial charge in [-0.2, -0.15) is 0 Å². The number of carboxylic acids is 1. The SMILES string of the molecule is COc1cc(Cl)cc2c(C)c(C(=O)O)[nH]c12. The summed E-state index contributed by atoms with van der Waals surface area (Å²) < 4.78 is 5.15. The normalized spacial score (nSPS) is 10.7. The molecule has 0 aliphatic heterocycles. The van der Waals surface area contributed by atoms with E-state index in [2.05, 4.69) is 4.98 Å². The number of aryl methyl sites for hydroxylation is 1. The van der Waals surface area contributed by atoms with Crippen LogP contribution in [0.3, 0.4) is 0 Å². The lowest BCUT2D eigenvalue weighted by Gasteiger charge is -2.02. The molecule has 0 amide bonds. The molecule has 0 aliphatic carbocycles. The van der Waals surface area contributed by atoms with E-state index in [0.717, 1.165) is 5.39 Å². The van der Waals surface area contributed by atoms with Crippen LogP contribution < -0.4 is 4.74 Å². The molecular weight excluding hydrogens is 230 g/mol. The van der Waals surface area contributed by atoms with E-state index in [-0.39, 0.29) is 5.69 Å². The molecule has 1 aromatic carbocycles. The maximum absolute atomic E-state index is 11.0. The molecule has 0 fully saturated rings. The third-order valence-electron chi connectivity index (χ3n) is 2.53. The fraction of sp³-hybridized carbons (Fsp3) is 0.182. The summed E-state index contributed by atoms with van der Waals surface area (Å²) in [7, 11) is 1.52. The fourth-order valence-corrected chi connectivity index (χ4v) is 1.94. The van der Waals surface area contributed by atoms with Crippen LogP contribution in [0.25, 0.3) is 10.9 Å². The van der Waals surface area contributed by atoms with E-state index >= 15 is 0 Å². The number of rotatable bonds is 2. The molecule has 5 heteroatoms. The van der Waals surface area contributed by atoms with E-state index in [0.29, 0.717) is 21.9 Å². The third kappa shape index (κ3) is 1.51. The minimum Gasteiger partial charge on any atom is -0.495 e. The highest BCUT2D eigenvalue weighted by Crippen LogP contribution is 2.32. The van der Waals surface area contributed by atoms with Crippen molar-refractivity contribution in [1.29, 1.82) is 0 Å². The molecule has 0 radical (unpaired) electrons. The van der Waals surface area contributed by atoms with E-state index in [4.69, 9.17) is 21.4 Å². The highest BCUT2D eigenvalue weighted by Gasteiger charge is 2.16. The Morgan fingerprint density at radius 3 is 2.75 bits per heavy atom. The number of carboxylic acid groups (broad SMARTS) is 1. The molecule has 16 heavy (non-hydrogen) atoms. The van der Waals surface area contributed by atoms with Gasteiger partial charge in [-0.25, -0.2) is 4.79 Å². The van der Waals surface area contributed by atoms with Gasteiger partial charge in [0.25, 0.3) is 0 Å². The molecule has 2 aromatic rings. The van der Waals surface area contributed by atoms with Crippen molar-refractivity contribution in [2.75, 3.05) is 7.11 Å². The van der Waals surface area contributed by atoms with Gasteiger partial charge in [-0.3, -0.25) is 0 Å². The average Bonchev–Trinajstić information content (AvgIpc) is 2.55. The molecule has 4 nitrogen and oxygen atoms in total. The number of benzene rings is 1. The molecule has 0 unspecified atom stereocenters. The Hall–Kier alpha value is -1.68. The monoisotopic (exact) mass is 239 g/mol. The number of carbonyl (C=O) groups is 1. The first-order chi connectivity index (χ1) is 7.54. The summed E-state index contributed by atoms with van der Waals surface area (Å²) in [6.07, 6.45) is 0. The molecule has 0 atom stereocenters. The summed E-state index contributed by atoms with van der Waals surface area (Å²) in [5.41, 5.74) is 1.47. The van der Waals surface area contributed by atoms with Gasteiger partial charge in [0.1, 0.15) is 11.4 Å². The standard InChI is InChI=1S/C11H10ClNO3/c1-5-7-3-6(12)4-8(16-2)10(7)13-9(5)11(14)15/h3-4,13H,1-2H3,(H,14,15). The minimum atomic E-state index is -0.994. The predicted molar refractivity (Wildman–Crippen MR) is 61.6 cm³/mol. The predicted octanol–water partition coefficient (Wildman–Crippen LogP) is 2.84. The number of aromatic nitrogens is 1. The first-order valence-electron chi connectivity index (χ1n) is 4.63. The van der Waals surface area contributed by atoms with E-state index in [1.54, 1.807) is 19.1 Å². The summed E-state index contributed by atoms with van der Waals surface area (Å²) in [5, 5.41) is 10.3. The zero-order valence-electron chi connectivity index (χ0n) is 8.80. The lowest BCUT2D eigenvalue weighted by atomic mass is 10.1. The Bertz CT molecular complexity index is 574. The fourth-order valence-electron chi connectivity index (χ4n) is 1.73. The summed E-state index contributed by atoms with van der Waals surface area (Å²) in [6, 6.07) is 3.36. The average molecular weight is 240 g/mol. The largest absolute Gasteiger partial charge is 0.495 e. The number of aromatic carboxylic acids is 1. The highest BCUT2D eigenvalue weighted by atomic mass is 35.5. The molecule has 2 N–H and O–H groups in total. The lowest BCUT2D eigenvalue weighted by molar-refractivity contribution is 0.0691. The van der Waals surface area contributed by atoms with Crippen molar-refractivity contribution in [3.8, 4) is 5.75 Å². The summed E-state index contributed by atoms with van der Waals surface area (Å²) in [6.45, 7) is 1.73. The van der Waals surface area contributed by atoms with Crippen molar-refractivity contribution in [2.45, 2.75) is 6.92 Å². The number of ether oxygens (including phenoxy) is 1. The van der Waals surface area contributed by atoms with Crippen molar-refractivity contribution in [2.24, 2.45) is 0 Å². The van der Waals surface area contributed by atoms with Crippen LogP contribution >= 0.6 is 11.6 Å². The first-order valence-corrected chi connectivity index (χ1v) is 5.01. The van der Waals surface area contributed by atoms with Crippen LogP contribution in [0.1, 0.15) is 16.1 Å². The molecule has 1 heterocycles. The first kappa shape index (κ1) is 10.8. The topological polar surface area (TPSA) is 62.3 Å². The van der Waals surface area contributed by atoms with Gasteiger partial charge in [0.15, 0.2) is 0 Å². The van der Waals surface area contributed by atoms with Crippen LogP contribution in [0.5, 0.6) is 5.75 Å². The molecule has 0 aliphatic rings. The number of H-pyrrole nitrogens is 1. The van der Waals surface area contributed by atoms with Gasteiger partial charge in [-0.05, 0) is 18.6 Å². The van der Waals surface area contributed by atoms with Gasteiger partial charge in [0.2, 0.25) is 0 Å². The number of nitrogens with one attached hydrogen (secondary N) is 1. The van der Waals surface area contributed by atoms with E-state index in [9.17, 15) is 4.79 Å². The van der Waals surface area contributed by atoms with Crippen LogP contribution in [0.15, 0.2) is 12.1 Å². The second-order valence-electron chi connectivity index (χ2n) is 3.46. The number of aromatic amines is 1. The van der Waals surface area contributed by atoms with Crippen LogP contribution in [0.4, 0.5) is 0 Å². The van der Waals surface area contributed by atoms with E-state index in [1.165, 1.54) is 7.11 Å². The van der Waals surface area contributed by atoms with Gasteiger partial charge in [-0.15, -0.1) is 0 Å². The maximum Gasteiger partial charge on any atom is 0.352 e. The molecule has 0 saturated carbocycles. The number of fused-ring (bicyclic) bond motifs is 1. The molecule has 2 rings (SSSR count). The van der Waals surface area contributed by atoms with Gasteiger partial charge >= 0.3 is 5.97 Å². The van der Waals surface area contributed by atoms with Crippen molar-refractivity contribution in [3.63, 3.8) is 0 Å². The van der Waals surface area contributed by atoms with E-state index in [1.807, 2.05) is 0 Å². The van der Waals surface area contributed by atoms with Gasteiger partial charge in [0.05, 0.1) is 12.6 Å². The number of halogens is 1. The summed E-state index contributed by atoms with van der Waals surface area (Å²) in [5.74, 6) is -0.454. The van der Waals surface area contributed by atoms with Gasteiger partial charge in [-0.1, -0.05) is 11.6 Å². The van der Waals surface area contributed by atoms with Gasteiger partial charge in [0, 0.05) is 16.5 Å². The number of hydrogen-bond acceptors (Lipinski definition) is 2. The van der Waals surface area contributed by atoms with Gasteiger partial charge < -0.3 is 14.8 Å². The molecule has 0 bridgehead atoms. The second kappa shape index (κ2) is 3.72. The Morgan fingerprint density at radius 1 is 1.50 bits per heavy atom. The molecule has 0 spiro atoms. The summed E-state index contributed by atoms with van der Waals surface area (Å²) >= 11 is 5.92. The Balaban J connectivity index is 2.85. The van der Waals surface area contributed by atoms with E-state index < -0.39 is 5.97 Å². The second-order valence-corrected chi connectivity index (χ2v) is 3.90. The third-order valence-corrected chi connectivity index (χ3v) is 2.75. The Morgan fingerprint density at radius 2 is 2.19 bits per heavy atom. The van der Waals surface area contributed by atoms with Crippen molar-refractivity contribution >= 4 is 28.5 Å². The van der Waals surface area contributed by atoms with Crippen molar-refractivity contribution in [3.05, 3.63) is 28.4 Å². The quantitative estimate of drug-likeness (QED) is 0.847. The maximum atomic E-state index is 11.0. The molecule has 1 aromatic heterocycles. The van der Waals surface area contributed by atoms with Crippen LogP contribution in [0.2, 0.25) is 5.02 Å². The van der Waals surface area contributed by atoms with Crippen LogP contribution in [-0.4, -0.2) is 23.2 Å². The lowest BCUT2D eigenvalue weighted by Crippen LogP contribution is -1.98. The molecule has 0 saturated heterocycles. The molecular formula is C11H10ClNO3. The highest BCUT2D eigenvalue weighted by molar-refractivity contribution is 6.31. The van der Waals surface area contributed by atoms with Crippen molar-refractivity contribution < 1.29 is 14.6 Å². The summed E-state index contributed by atoms with van der Waals surface area (Å²) in [4.78, 5) is 13.8. The zero-order valence-corrected chi connectivity index (χ0v) is 9.55. The smallest absolute Gasteiger partial charge is 0.352 e. The minimum absolute atomic E-state index is 0.163. The number of methoxy groups -OCH3 is 1.